The molecule has 1 amide bonds. The Morgan fingerprint density at radius 2 is 2.04 bits per heavy atom. The van der Waals surface area contributed by atoms with Gasteiger partial charge in [0.25, 0.3) is 0 Å². The number of carbonyl (C=O) groups is 1. The number of carbonyl (C=O) groups excluding carboxylic acids is 1. The molecule has 0 aromatic heterocycles. The Bertz CT molecular complexity index is 822. The van der Waals surface area contributed by atoms with Crippen LogP contribution in [0, 0.1) is 0 Å². The number of aliphatic imine (C=N–C) groups is 1. The predicted molar refractivity (Wildman–Crippen MR) is 114 cm³/mol. The summed E-state index contributed by atoms with van der Waals surface area (Å²) < 4.78 is 28.7. The number of sulfone groups is 1. The number of thioether (sulfide) groups is 1. The van der Waals surface area contributed by atoms with Gasteiger partial charge in [0, 0.05) is 24.1 Å². The third-order valence-electron chi connectivity index (χ3n) is 4.48. The van der Waals surface area contributed by atoms with Gasteiger partial charge in [-0.2, -0.15) is 0 Å². The Morgan fingerprint density at radius 1 is 1.29 bits per heavy atom. The van der Waals surface area contributed by atoms with E-state index in [-0.39, 0.29) is 34.8 Å². The van der Waals surface area contributed by atoms with E-state index in [1.165, 1.54) is 11.8 Å². The number of ether oxygens (including phenoxy) is 1. The van der Waals surface area contributed by atoms with E-state index in [0.717, 1.165) is 22.8 Å². The summed E-state index contributed by atoms with van der Waals surface area (Å²) in [4.78, 5) is 16.5. The molecule has 3 rings (SSSR count). The number of amides is 1. The normalized spacial score (nSPS) is 22.8. The SMILES string of the molecule is CC(C)OCCCNC(=O)Cc1ccc(NC2=N[C@H]3CS(=O)(=O)C[C@@H]3S2)cc1. The fraction of sp³-hybridized carbons (Fsp3) is 0.579. The average molecular weight is 426 g/mol. The monoisotopic (exact) mass is 425 g/mol. The summed E-state index contributed by atoms with van der Waals surface area (Å²) in [6.07, 6.45) is 1.35. The Kier molecular flexibility index (Phi) is 7.00. The number of hydrogen-bond donors (Lipinski definition) is 2. The number of hydrogen-bond acceptors (Lipinski definition) is 7. The van der Waals surface area contributed by atoms with Crippen LogP contribution in [-0.4, -0.2) is 61.5 Å². The number of benzene rings is 1. The fourth-order valence-corrected chi connectivity index (χ4v) is 6.79. The summed E-state index contributed by atoms with van der Waals surface area (Å²) in [7, 11) is -2.93. The van der Waals surface area contributed by atoms with Crippen LogP contribution in [0.2, 0.25) is 0 Å². The third-order valence-corrected chi connectivity index (χ3v) is 7.62. The van der Waals surface area contributed by atoms with Crippen molar-refractivity contribution >= 4 is 38.4 Å². The second-order valence-corrected chi connectivity index (χ2v) is 10.7. The molecule has 2 atom stereocenters. The lowest BCUT2D eigenvalue weighted by Crippen LogP contribution is -2.27. The summed E-state index contributed by atoms with van der Waals surface area (Å²) in [5, 5.41) is 6.93. The van der Waals surface area contributed by atoms with Crippen molar-refractivity contribution in [1.82, 2.24) is 5.32 Å². The number of nitrogens with one attached hydrogen (secondary N) is 2. The van der Waals surface area contributed by atoms with Crippen LogP contribution in [0.3, 0.4) is 0 Å². The highest BCUT2D eigenvalue weighted by Crippen LogP contribution is 2.34. The van der Waals surface area contributed by atoms with Gasteiger partial charge in [-0.25, -0.2) is 8.42 Å². The molecule has 0 bridgehead atoms. The number of anilines is 1. The van der Waals surface area contributed by atoms with Crippen molar-refractivity contribution in [2.24, 2.45) is 4.99 Å². The minimum atomic E-state index is -2.93. The first-order valence-electron chi connectivity index (χ1n) is 9.50. The minimum Gasteiger partial charge on any atom is -0.379 e. The molecule has 2 aliphatic rings. The van der Waals surface area contributed by atoms with Crippen LogP contribution in [0.5, 0.6) is 0 Å². The molecule has 7 nitrogen and oxygen atoms in total. The molecule has 0 radical (unpaired) electrons. The molecule has 9 heteroatoms. The standard InChI is InChI=1S/C19H27N3O4S2/c1-13(2)26-9-3-8-20-18(23)10-14-4-6-15(7-5-14)21-19-22-16-11-28(24,25)12-17(16)27-19/h4-7,13,16-17H,3,8-12H2,1-2H3,(H,20,23)(H,21,22)/t16-,17-/m0/s1. The number of nitrogens with zero attached hydrogens (tertiary/aromatic N) is 1. The Morgan fingerprint density at radius 3 is 2.71 bits per heavy atom. The van der Waals surface area contributed by atoms with E-state index in [2.05, 4.69) is 15.6 Å². The Balaban J connectivity index is 1.41. The summed E-state index contributed by atoms with van der Waals surface area (Å²) in [5.41, 5.74) is 1.81. The first kappa shape index (κ1) is 21.1. The molecule has 2 N–H and O–H groups in total. The van der Waals surface area contributed by atoms with Crippen LogP contribution in [0.25, 0.3) is 0 Å². The number of rotatable bonds is 8. The molecule has 1 fully saturated rings. The van der Waals surface area contributed by atoms with Gasteiger partial charge in [-0.05, 0) is 38.0 Å². The molecular formula is C19H27N3O4S2. The molecule has 154 valence electrons. The third kappa shape index (κ3) is 6.22. The highest BCUT2D eigenvalue weighted by Gasteiger charge is 2.42. The molecule has 2 aliphatic heterocycles. The van der Waals surface area contributed by atoms with E-state index < -0.39 is 9.84 Å². The molecule has 0 aliphatic carbocycles. The van der Waals surface area contributed by atoms with Crippen molar-refractivity contribution in [3.05, 3.63) is 29.8 Å². The van der Waals surface area contributed by atoms with Crippen molar-refractivity contribution in [2.75, 3.05) is 30.0 Å². The summed E-state index contributed by atoms with van der Waals surface area (Å²) in [6, 6.07) is 7.51. The maximum atomic E-state index is 12.0. The number of amidine groups is 1. The van der Waals surface area contributed by atoms with Gasteiger partial charge >= 0.3 is 0 Å². The zero-order valence-corrected chi connectivity index (χ0v) is 17.8. The molecule has 0 unspecified atom stereocenters. The van der Waals surface area contributed by atoms with Crippen LogP contribution in [-0.2, 0) is 25.8 Å². The highest BCUT2D eigenvalue weighted by molar-refractivity contribution is 8.15. The summed E-state index contributed by atoms with van der Waals surface area (Å²) >= 11 is 1.49. The van der Waals surface area contributed by atoms with Gasteiger partial charge in [0.05, 0.1) is 30.1 Å². The van der Waals surface area contributed by atoms with Crippen LogP contribution in [0.1, 0.15) is 25.8 Å². The Labute approximate surface area is 170 Å². The van der Waals surface area contributed by atoms with Gasteiger partial charge in [-0.15, -0.1) is 0 Å². The van der Waals surface area contributed by atoms with E-state index in [4.69, 9.17) is 4.74 Å². The van der Waals surface area contributed by atoms with Gasteiger partial charge in [0.1, 0.15) is 0 Å². The van der Waals surface area contributed by atoms with Crippen molar-refractivity contribution in [3.63, 3.8) is 0 Å². The van der Waals surface area contributed by atoms with Crippen molar-refractivity contribution < 1.29 is 17.9 Å². The van der Waals surface area contributed by atoms with Gasteiger partial charge in [-0.1, -0.05) is 23.9 Å². The largest absolute Gasteiger partial charge is 0.379 e. The van der Waals surface area contributed by atoms with E-state index >= 15 is 0 Å². The zero-order chi connectivity index (χ0) is 20.1. The smallest absolute Gasteiger partial charge is 0.224 e. The lowest BCUT2D eigenvalue weighted by atomic mass is 10.1. The molecule has 0 saturated carbocycles. The lowest BCUT2D eigenvalue weighted by Gasteiger charge is -2.09. The van der Waals surface area contributed by atoms with Crippen molar-refractivity contribution in [3.8, 4) is 0 Å². The van der Waals surface area contributed by atoms with Gasteiger partial charge in [-0.3, -0.25) is 9.79 Å². The molecule has 2 heterocycles. The fourth-order valence-electron chi connectivity index (χ4n) is 3.11. The molecular weight excluding hydrogens is 398 g/mol. The predicted octanol–water partition coefficient (Wildman–Crippen LogP) is 1.84. The van der Waals surface area contributed by atoms with E-state index in [1.54, 1.807) is 0 Å². The molecule has 1 aromatic carbocycles. The summed E-state index contributed by atoms with van der Waals surface area (Å²) in [6.45, 7) is 5.24. The molecule has 1 saturated heterocycles. The van der Waals surface area contributed by atoms with E-state index in [0.29, 0.717) is 19.6 Å². The Hall–Kier alpha value is -1.58. The quantitative estimate of drug-likeness (QED) is 0.617. The van der Waals surface area contributed by atoms with Gasteiger partial charge in [0.2, 0.25) is 5.91 Å². The minimum absolute atomic E-state index is 0.00462. The first-order valence-corrected chi connectivity index (χ1v) is 12.2. The second-order valence-electron chi connectivity index (χ2n) is 7.36. The number of fused-ring (bicyclic) bond motifs is 1. The van der Waals surface area contributed by atoms with E-state index in [1.807, 2.05) is 38.1 Å². The second kappa shape index (κ2) is 9.28. The van der Waals surface area contributed by atoms with Gasteiger partial charge in [0.15, 0.2) is 15.0 Å². The zero-order valence-electron chi connectivity index (χ0n) is 16.2. The van der Waals surface area contributed by atoms with Crippen LogP contribution in [0.4, 0.5) is 5.69 Å². The topological polar surface area (TPSA) is 96.9 Å². The van der Waals surface area contributed by atoms with Crippen molar-refractivity contribution in [2.45, 2.75) is 44.1 Å². The molecule has 0 spiro atoms. The van der Waals surface area contributed by atoms with E-state index in [9.17, 15) is 13.2 Å². The van der Waals surface area contributed by atoms with Crippen LogP contribution >= 0.6 is 11.8 Å². The lowest BCUT2D eigenvalue weighted by molar-refractivity contribution is -0.120. The summed E-state index contributed by atoms with van der Waals surface area (Å²) in [5.74, 6) is 0.345. The van der Waals surface area contributed by atoms with Crippen LogP contribution in [0.15, 0.2) is 29.3 Å². The van der Waals surface area contributed by atoms with Crippen LogP contribution < -0.4 is 10.6 Å². The highest BCUT2D eigenvalue weighted by atomic mass is 32.2. The molecule has 1 aromatic rings. The molecule has 28 heavy (non-hydrogen) atoms. The van der Waals surface area contributed by atoms with Crippen molar-refractivity contribution in [1.29, 1.82) is 0 Å². The first-order chi connectivity index (χ1) is 13.3. The van der Waals surface area contributed by atoms with Gasteiger partial charge < -0.3 is 15.4 Å². The maximum absolute atomic E-state index is 12.0. The maximum Gasteiger partial charge on any atom is 0.224 e. The average Bonchev–Trinajstić information content (AvgIpc) is 3.08.